The Labute approximate surface area is 73.0 Å². The smallest absolute Gasteiger partial charge is 0.0462 e. The molecule has 0 spiro atoms. The Kier molecular flexibility index (Phi) is 1.85. The summed E-state index contributed by atoms with van der Waals surface area (Å²) in [7, 11) is 0. The molecule has 0 aromatic carbocycles. The largest absolute Gasteiger partial charge is 0.315 e. The van der Waals surface area contributed by atoms with Gasteiger partial charge < -0.3 is 5.32 Å². The van der Waals surface area contributed by atoms with Crippen molar-refractivity contribution >= 4 is 0 Å². The van der Waals surface area contributed by atoms with Crippen molar-refractivity contribution in [1.82, 2.24) is 10.3 Å². The van der Waals surface area contributed by atoms with Crippen LogP contribution >= 0.6 is 0 Å². The molecule has 1 aliphatic heterocycles. The van der Waals surface area contributed by atoms with Gasteiger partial charge in [-0.1, -0.05) is 0 Å². The lowest BCUT2D eigenvalue weighted by atomic mass is 9.97. The van der Waals surface area contributed by atoms with E-state index in [1.165, 1.54) is 16.8 Å². The second kappa shape index (κ2) is 2.87. The SMILES string of the molecule is Cc1cnc(C2CNC2)cc1C. The van der Waals surface area contributed by atoms with Crippen molar-refractivity contribution in [3.8, 4) is 0 Å². The molecule has 1 N–H and O–H groups in total. The minimum absolute atomic E-state index is 0.657. The van der Waals surface area contributed by atoms with Gasteiger partial charge in [-0.15, -0.1) is 0 Å². The van der Waals surface area contributed by atoms with Crippen LogP contribution in [0.25, 0.3) is 0 Å². The number of aryl methyl sites for hydroxylation is 2. The van der Waals surface area contributed by atoms with E-state index >= 15 is 0 Å². The minimum atomic E-state index is 0.657. The molecule has 1 fully saturated rings. The minimum Gasteiger partial charge on any atom is -0.315 e. The van der Waals surface area contributed by atoms with Crippen molar-refractivity contribution in [2.75, 3.05) is 13.1 Å². The highest BCUT2D eigenvalue weighted by atomic mass is 15.0. The lowest BCUT2D eigenvalue weighted by molar-refractivity contribution is 0.439. The first-order chi connectivity index (χ1) is 5.77. The summed E-state index contributed by atoms with van der Waals surface area (Å²) in [5.74, 6) is 0.657. The molecule has 0 atom stereocenters. The van der Waals surface area contributed by atoms with Gasteiger partial charge in [0.15, 0.2) is 0 Å². The molecule has 2 rings (SSSR count). The summed E-state index contributed by atoms with van der Waals surface area (Å²) < 4.78 is 0. The van der Waals surface area contributed by atoms with Gasteiger partial charge in [0.05, 0.1) is 0 Å². The standard InChI is InChI=1S/C10H14N2/c1-7-3-10(9-5-11-6-9)12-4-8(7)2/h3-4,9,11H,5-6H2,1-2H3. The van der Waals surface area contributed by atoms with Crippen molar-refractivity contribution < 1.29 is 0 Å². The summed E-state index contributed by atoms with van der Waals surface area (Å²) in [6.07, 6.45) is 1.98. The molecule has 0 unspecified atom stereocenters. The molecular formula is C10H14N2. The Hall–Kier alpha value is -0.890. The molecule has 0 bridgehead atoms. The monoisotopic (exact) mass is 162 g/mol. The average Bonchev–Trinajstić information content (AvgIpc) is 1.93. The molecule has 1 aromatic rings. The fourth-order valence-corrected chi connectivity index (χ4v) is 1.37. The first-order valence-electron chi connectivity index (χ1n) is 4.41. The summed E-state index contributed by atoms with van der Waals surface area (Å²) in [5.41, 5.74) is 3.88. The fourth-order valence-electron chi connectivity index (χ4n) is 1.37. The van der Waals surface area contributed by atoms with Crippen LogP contribution in [0.15, 0.2) is 12.3 Å². The van der Waals surface area contributed by atoms with Crippen LogP contribution in [0.2, 0.25) is 0 Å². The molecule has 2 heterocycles. The van der Waals surface area contributed by atoms with Crippen LogP contribution in [0.5, 0.6) is 0 Å². The Morgan fingerprint density at radius 2 is 2.08 bits per heavy atom. The van der Waals surface area contributed by atoms with E-state index in [9.17, 15) is 0 Å². The number of pyridine rings is 1. The molecular weight excluding hydrogens is 148 g/mol. The van der Waals surface area contributed by atoms with Gasteiger partial charge in [0.25, 0.3) is 0 Å². The fraction of sp³-hybridized carbons (Fsp3) is 0.500. The Morgan fingerprint density at radius 3 is 2.58 bits per heavy atom. The summed E-state index contributed by atoms with van der Waals surface area (Å²) in [6, 6.07) is 2.21. The maximum Gasteiger partial charge on any atom is 0.0462 e. The molecule has 1 aliphatic rings. The van der Waals surface area contributed by atoms with Gasteiger partial charge in [0, 0.05) is 30.9 Å². The van der Waals surface area contributed by atoms with Crippen molar-refractivity contribution in [2.24, 2.45) is 0 Å². The summed E-state index contributed by atoms with van der Waals surface area (Å²) in [4.78, 5) is 4.42. The lowest BCUT2D eigenvalue weighted by Gasteiger charge is -2.26. The molecule has 0 saturated carbocycles. The number of aromatic nitrogens is 1. The van der Waals surface area contributed by atoms with Gasteiger partial charge in [0.1, 0.15) is 0 Å². The van der Waals surface area contributed by atoms with E-state index in [0.717, 1.165) is 13.1 Å². The normalized spacial score (nSPS) is 17.5. The third kappa shape index (κ3) is 1.23. The zero-order chi connectivity index (χ0) is 8.55. The number of hydrogen-bond acceptors (Lipinski definition) is 2. The van der Waals surface area contributed by atoms with Crippen molar-refractivity contribution in [2.45, 2.75) is 19.8 Å². The van der Waals surface area contributed by atoms with Gasteiger partial charge in [-0.3, -0.25) is 4.98 Å². The van der Waals surface area contributed by atoms with Gasteiger partial charge in [-0.25, -0.2) is 0 Å². The van der Waals surface area contributed by atoms with Crippen LogP contribution in [0, 0.1) is 13.8 Å². The van der Waals surface area contributed by atoms with E-state index < -0.39 is 0 Å². The molecule has 0 radical (unpaired) electrons. The first-order valence-corrected chi connectivity index (χ1v) is 4.41. The molecule has 1 aromatic heterocycles. The number of nitrogens with zero attached hydrogens (tertiary/aromatic N) is 1. The summed E-state index contributed by atoms with van der Waals surface area (Å²) >= 11 is 0. The third-order valence-corrected chi connectivity index (χ3v) is 2.59. The van der Waals surface area contributed by atoms with Crippen LogP contribution in [-0.2, 0) is 0 Å². The molecule has 0 aliphatic carbocycles. The topological polar surface area (TPSA) is 24.9 Å². The van der Waals surface area contributed by atoms with E-state index in [4.69, 9.17) is 0 Å². The Morgan fingerprint density at radius 1 is 1.33 bits per heavy atom. The molecule has 2 nitrogen and oxygen atoms in total. The summed E-state index contributed by atoms with van der Waals surface area (Å²) in [6.45, 7) is 6.43. The van der Waals surface area contributed by atoms with E-state index in [1.54, 1.807) is 0 Å². The van der Waals surface area contributed by atoms with Crippen molar-refractivity contribution in [1.29, 1.82) is 0 Å². The maximum absolute atomic E-state index is 4.42. The van der Waals surface area contributed by atoms with E-state index in [1.807, 2.05) is 6.20 Å². The maximum atomic E-state index is 4.42. The van der Waals surface area contributed by atoms with E-state index in [-0.39, 0.29) is 0 Å². The van der Waals surface area contributed by atoms with Crippen LogP contribution in [0.4, 0.5) is 0 Å². The second-order valence-corrected chi connectivity index (χ2v) is 3.55. The van der Waals surface area contributed by atoms with Crippen molar-refractivity contribution in [3.05, 3.63) is 29.1 Å². The zero-order valence-corrected chi connectivity index (χ0v) is 7.59. The zero-order valence-electron chi connectivity index (χ0n) is 7.59. The molecule has 2 heteroatoms. The highest BCUT2D eigenvalue weighted by Gasteiger charge is 2.19. The molecule has 1 saturated heterocycles. The molecule has 12 heavy (non-hydrogen) atoms. The highest BCUT2D eigenvalue weighted by molar-refractivity contribution is 5.26. The quantitative estimate of drug-likeness (QED) is 0.675. The Bertz CT molecular complexity index is 290. The van der Waals surface area contributed by atoms with Crippen LogP contribution in [0.1, 0.15) is 22.7 Å². The van der Waals surface area contributed by atoms with Crippen molar-refractivity contribution in [3.63, 3.8) is 0 Å². The number of nitrogens with one attached hydrogen (secondary N) is 1. The molecule has 0 amide bonds. The van der Waals surface area contributed by atoms with Gasteiger partial charge in [-0.05, 0) is 31.0 Å². The Balaban J connectivity index is 2.27. The van der Waals surface area contributed by atoms with Crippen LogP contribution in [0.3, 0.4) is 0 Å². The van der Waals surface area contributed by atoms with Gasteiger partial charge in [-0.2, -0.15) is 0 Å². The third-order valence-electron chi connectivity index (χ3n) is 2.59. The lowest BCUT2D eigenvalue weighted by Crippen LogP contribution is -2.40. The molecule has 64 valence electrons. The summed E-state index contributed by atoms with van der Waals surface area (Å²) in [5, 5.41) is 3.25. The first kappa shape index (κ1) is 7.74. The highest BCUT2D eigenvalue weighted by Crippen LogP contribution is 2.19. The van der Waals surface area contributed by atoms with Crippen LogP contribution in [-0.4, -0.2) is 18.1 Å². The number of rotatable bonds is 1. The van der Waals surface area contributed by atoms with Gasteiger partial charge in [0.2, 0.25) is 0 Å². The predicted molar refractivity (Wildman–Crippen MR) is 49.3 cm³/mol. The predicted octanol–water partition coefficient (Wildman–Crippen LogP) is 1.39. The number of hydrogen-bond donors (Lipinski definition) is 1. The van der Waals surface area contributed by atoms with E-state index in [0.29, 0.717) is 5.92 Å². The second-order valence-electron chi connectivity index (χ2n) is 3.55. The van der Waals surface area contributed by atoms with Gasteiger partial charge >= 0.3 is 0 Å². The van der Waals surface area contributed by atoms with Crippen LogP contribution < -0.4 is 5.32 Å². The average molecular weight is 162 g/mol. The van der Waals surface area contributed by atoms with E-state index in [2.05, 4.69) is 30.2 Å².